The Morgan fingerprint density at radius 3 is 2.35 bits per heavy atom. The van der Waals surface area contributed by atoms with Gasteiger partial charge >= 0.3 is 18.0 Å². The van der Waals surface area contributed by atoms with Gasteiger partial charge < -0.3 is 30.5 Å². The number of carboxylic acids is 2. The minimum absolute atomic E-state index is 0.0647. The Morgan fingerprint density at radius 1 is 0.913 bits per heavy atom. The number of anilines is 2. The highest BCUT2D eigenvalue weighted by Gasteiger charge is 2.41. The number of ether oxygens (including phenoxy) is 1. The smallest absolute Gasteiger partial charge is 0.334 e. The van der Waals surface area contributed by atoms with Crippen LogP contribution in [0.5, 0.6) is 11.5 Å². The zero-order valence-corrected chi connectivity index (χ0v) is 26.0. The molecule has 2 atom stereocenters. The Hall–Kier alpha value is -5.16. The van der Waals surface area contributed by atoms with Crippen LogP contribution < -0.4 is 20.3 Å². The lowest BCUT2D eigenvalue weighted by Gasteiger charge is -2.36. The Kier molecular flexibility index (Phi) is 10.3. The number of urea groups is 1. The molecular weight excluding hydrogens is 586 g/mol. The number of allylic oxidation sites excluding steroid dienone is 1. The molecule has 2 aliphatic rings. The van der Waals surface area contributed by atoms with Crippen LogP contribution in [-0.2, 0) is 9.59 Å². The van der Waals surface area contributed by atoms with Gasteiger partial charge in [0.2, 0.25) is 0 Å². The highest BCUT2D eigenvalue weighted by molar-refractivity contribution is 6.06. The topological polar surface area (TPSA) is 144 Å². The predicted octanol–water partition coefficient (Wildman–Crippen LogP) is 5.43. The number of piperazine rings is 1. The van der Waals surface area contributed by atoms with Gasteiger partial charge in [-0.2, -0.15) is 0 Å². The number of carboxylic acid groups (broad SMARTS) is 2. The van der Waals surface area contributed by atoms with Crippen LogP contribution in [0.3, 0.4) is 0 Å². The van der Waals surface area contributed by atoms with Crippen molar-refractivity contribution in [3.05, 3.63) is 95.7 Å². The third-order valence-corrected chi connectivity index (χ3v) is 8.31. The summed E-state index contributed by atoms with van der Waals surface area (Å²) in [5.74, 6) is -2.80. The van der Waals surface area contributed by atoms with E-state index in [0.717, 1.165) is 56.3 Å². The van der Waals surface area contributed by atoms with Crippen molar-refractivity contribution in [2.24, 2.45) is 10.9 Å². The van der Waals surface area contributed by atoms with Crippen LogP contribution in [0.25, 0.3) is 0 Å². The summed E-state index contributed by atoms with van der Waals surface area (Å²) < 4.78 is 6.15. The first-order valence-corrected chi connectivity index (χ1v) is 15.4. The van der Waals surface area contributed by atoms with Gasteiger partial charge in [-0.15, -0.1) is 0 Å². The molecule has 1 saturated heterocycles. The third-order valence-electron chi connectivity index (χ3n) is 8.31. The molecule has 2 heterocycles. The molecule has 2 amide bonds. The van der Waals surface area contributed by atoms with Gasteiger partial charge in [-0.1, -0.05) is 42.5 Å². The molecule has 5 rings (SSSR count). The molecule has 46 heavy (non-hydrogen) atoms. The molecular formula is C35H39N5O6. The van der Waals surface area contributed by atoms with Gasteiger partial charge in [0.15, 0.2) is 5.75 Å². The number of benzene rings is 3. The van der Waals surface area contributed by atoms with Crippen molar-refractivity contribution in [2.45, 2.75) is 26.2 Å². The molecule has 1 fully saturated rings. The average molecular weight is 626 g/mol. The molecule has 0 saturated carbocycles. The number of hydrogen-bond donors (Lipinski definition) is 4. The van der Waals surface area contributed by atoms with Crippen LogP contribution in [0.2, 0.25) is 0 Å². The van der Waals surface area contributed by atoms with E-state index >= 15 is 0 Å². The van der Waals surface area contributed by atoms with E-state index in [1.807, 2.05) is 48.5 Å². The summed E-state index contributed by atoms with van der Waals surface area (Å²) >= 11 is 0. The van der Waals surface area contributed by atoms with Crippen molar-refractivity contribution in [3.63, 3.8) is 0 Å². The molecule has 0 bridgehead atoms. The molecule has 0 radical (unpaired) electrons. The van der Waals surface area contributed by atoms with E-state index in [1.54, 1.807) is 38.1 Å². The zero-order valence-electron chi connectivity index (χ0n) is 26.0. The minimum Gasteiger partial charge on any atom is -0.481 e. The van der Waals surface area contributed by atoms with Crippen LogP contribution in [0.15, 0.2) is 95.1 Å². The maximum Gasteiger partial charge on any atom is 0.334 e. The van der Waals surface area contributed by atoms with Crippen LogP contribution in [0.4, 0.5) is 16.2 Å². The van der Waals surface area contributed by atoms with Gasteiger partial charge in [0.1, 0.15) is 11.7 Å². The van der Waals surface area contributed by atoms with Gasteiger partial charge in [-0.05, 0) is 68.8 Å². The highest BCUT2D eigenvalue weighted by Crippen LogP contribution is 2.40. The molecule has 11 nitrogen and oxygen atoms in total. The second-order valence-electron chi connectivity index (χ2n) is 11.4. The second kappa shape index (κ2) is 14.7. The molecule has 2 aliphatic heterocycles. The number of nitrogens with zero attached hydrogens (tertiary/aromatic N) is 3. The van der Waals surface area contributed by atoms with E-state index in [0.29, 0.717) is 23.5 Å². The summed E-state index contributed by atoms with van der Waals surface area (Å²) in [5.41, 5.74) is 2.53. The quantitative estimate of drug-likeness (QED) is 0.207. The normalized spacial score (nSPS) is 18.5. The van der Waals surface area contributed by atoms with Gasteiger partial charge in [0, 0.05) is 55.7 Å². The van der Waals surface area contributed by atoms with E-state index in [-0.39, 0.29) is 11.3 Å². The van der Waals surface area contributed by atoms with Crippen LogP contribution in [-0.4, -0.2) is 78.1 Å². The largest absolute Gasteiger partial charge is 0.481 e. The van der Waals surface area contributed by atoms with E-state index in [1.165, 1.54) is 0 Å². The molecule has 0 aliphatic carbocycles. The lowest BCUT2D eigenvalue weighted by atomic mass is 9.75. The van der Waals surface area contributed by atoms with Crippen LogP contribution >= 0.6 is 0 Å². The van der Waals surface area contributed by atoms with E-state index in [9.17, 15) is 24.6 Å². The van der Waals surface area contributed by atoms with E-state index < -0.39 is 29.8 Å². The molecule has 0 spiro atoms. The first-order valence-electron chi connectivity index (χ1n) is 15.4. The lowest BCUT2D eigenvalue weighted by Crippen LogP contribution is -2.47. The van der Waals surface area contributed by atoms with Crippen molar-refractivity contribution in [1.82, 2.24) is 10.2 Å². The fraction of sp³-hybridized carbons (Fsp3) is 0.314. The number of carbonyl (C=O) groups is 3. The molecule has 3 aromatic rings. The maximum absolute atomic E-state index is 12.7. The molecule has 11 heteroatoms. The number of para-hydroxylation sites is 3. The van der Waals surface area contributed by atoms with E-state index in [2.05, 4.69) is 31.5 Å². The Bertz CT molecular complexity index is 1630. The standard InChI is InChI=1S/C35H39N5O6/c1-23-30(33(41)42)32(31(34(43)44)24(2)37-23)25-10-8-11-26(22-25)38-35(45)36-16-9-17-39-18-20-40(21-19-39)28-14-6-7-15-29(28)46-27-12-4-3-5-13-27/h3-8,10-15,22,30,32H,9,16-21H2,1-2H3,(H,41,42)(H,43,44)(H2,36,38,45). The maximum atomic E-state index is 12.7. The van der Waals surface area contributed by atoms with Gasteiger partial charge in [0.05, 0.1) is 11.3 Å². The van der Waals surface area contributed by atoms with Crippen molar-refractivity contribution in [2.75, 3.05) is 49.5 Å². The number of hydrogen-bond acceptors (Lipinski definition) is 7. The van der Waals surface area contributed by atoms with Crippen LogP contribution in [0, 0.1) is 5.92 Å². The zero-order chi connectivity index (χ0) is 32.6. The number of amides is 2. The number of nitrogens with one attached hydrogen (secondary N) is 2. The summed E-state index contributed by atoms with van der Waals surface area (Å²) in [6.07, 6.45) is 0.772. The molecule has 2 unspecified atom stereocenters. The van der Waals surface area contributed by atoms with Gasteiger partial charge in [0.25, 0.3) is 0 Å². The summed E-state index contributed by atoms with van der Waals surface area (Å²) in [6.45, 7) is 8.00. The predicted molar refractivity (Wildman–Crippen MR) is 177 cm³/mol. The molecule has 240 valence electrons. The van der Waals surface area contributed by atoms with E-state index in [4.69, 9.17) is 4.74 Å². The lowest BCUT2D eigenvalue weighted by molar-refractivity contribution is -0.140. The third kappa shape index (κ3) is 7.73. The summed E-state index contributed by atoms with van der Waals surface area (Å²) in [5, 5.41) is 25.4. The number of aliphatic imine (C=N–C) groups is 1. The highest BCUT2D eigenvalue weighted by atomic mass is 16.5. The summed E-state index contributed by atoms with van der Waals surface area (Å²) in [7, 11) is 0. The fourth-order valence-electron chi connectivity index (χ4n) is 6.12. The Labute approximate surface area is 268 Å². The fourth-order valence-corrected chi connectivity index (χ4v) is 6.12. The Balaban J connectivity index is 1.10. The number of carbonyl (C=O) groups excluding carboxylic acids is 1. The first-order chi connectivity index (χ1) is 22.2. The van der Waals surface area contributed by atoms with Gasteiger partial charge in [-0.3, -0.25) is 14.7 Å². The summed E-state index contributed by atoms with van der Waals surface area (Å²) in [4.78, 5) is 45.8. The second-order valence-corrected chi connectivity index (χ2v) is 11.4. The minimum atomic E-state index is -1.22. The van der Waals surface area contributed by atoms with Crippen molar-refractivity contribution in [3.8, 4) is 11.5 Å². The number of aliphatic carboxylic acids is 2. The summed E-state index contributed by atoms with van der Waals surface area (Å²) in [6, 6.07) is 24.1. The van der Waals surface area contributed by atoms with Crippen molar-refractivity contribution < 1.29 is 29.3 Å². The van der Waals surface area contributed by atoms with Crippen molar-refractivity contribution in [1.29, 1.82) is 0 Å². The number of rotatable bonds is 11. The first kappa shape index (κ1) is 32.2. The monoisotopic (exact) mass is 625 g/mol. The average Bonchev–Trinajstić information content (AvgIpc) is 3.03. The molecule has 4 N–H and O–H groups in total. The Morgan fingerprint density at radius 2 is 1.63 bits per heavy atom. The van der Waals surface area contributed by atoms with Crippen molar-refractivity contribution >= 4 is 35.1 Å². The molecule has 3 aromatic carbocycles. The SMILES string of the molecule is CC1=NC(C)=C(C(=O)O)C(c2cccc(NC(=O)NCCCN3CCN(c4ccccc4Oc4ccccc4)CC3)c2)C1C(=O)O. The van der Waals surface area contributed by atoms with Crippen LogP contribution in [0.1, 0.15) is 31.7 Å². The van der Waals surface area contributed by atoms with Gasteiger partial charge in [-0.25, -0.2) is 9.59 Å². The molecule has 0 aromatic heterocycles.